The Morgan fingerprint density at radius 3 is 2.85 bits per heavy atom. The fourth-order valence-corrected chi connectivity index (χ4v) is 5.07. The average molecular weight is 397 g/mol. The molecule has 4 rings (SSSR count). The second-order valence-corrected chi connectivity index (χ2v) is 8.51. The van der Waals surface area contributed by atoms with Crippen LogP contribution >= 0.6 is 34.9 Å². The third-order valence-corrected chi connectivity index (χ3v) is 6.71. The van der Waals surface area contributed by atoms with Crippen molar-refractivity contribution in [1.29, 1.82) is 5.26 Å². The minimum atomic E-state index is 0.392. The third kappa shape index (κ3) is 3.58. The van der Waals surface area contributed by atoms with E-state index in [1.54, 1.807) is 29.2 Å². The lowest BCUT2D eigenvalue weighted by atomic mass is 10.3. The van der Waals surface area contributed by atoms with E-state index in [4.69, 9.17) is 5.26 Å². The van der Waals surface area contributed by atoms with E-state index in [0.717, 1.165) is 25.9 Å². The van der Waals surface area contributed by atoms with Crippen LogP contribution in [0.5, 0.6) is 0 Å². The summed E-state index contributed by atoms with van der Waals surface area (Å²) in [7, 11) is 1.94. The van der Waals surface area contributed by atoms with Crippen LogP contribution in [0, 0.1) is 11.3 Å². The van der Waals surface area contributed by atoms with Crippen molar-refractivity contribution < 1.29 is 0 Å². The van der Waals surface area contributed by atoms with Crippen molar-refractivity contribution >= 4 is 45.1 Å². The normalized spacial score (nSPS) is 10.9. The van der Waals surface area contributed by atoms with Gasteiger partial charge in [-0.1, -0.05) is 30.0 Å². The molecule has 0 saturated heterocycles. The molecule has 0 N–H and O–H groups in total. The Kier molecular flexibility index (Phi) is 4.88. The summed E-state index contributed by atoms with van der Waals surface area (Å²) in [6.45, 7) is 0. The van der Waals surface area contributed by atoms with Crippen molar-refractivity contribution in [3.8, 4) is 6.07 Å². The molecule has 0 amide bonds. The molecular weight excluding hydrogens is 384 g/mol. The Balaban J connectivity index is 1.47. The predicted octanol–water partition coefficient (Wildman–Crippen LogP) is 4.13. The van der Waals surface area contributed by atoms with Gasteiger partial charge in [-0.05, 0) is 36.0 Å². The molecule has 6 nitrogen and oxygen atoms in total. The van der Waals surface area contributed by atoms with Crippen molar-refractivity contribution in [3.63, 3.8) is 0 Å². The van der Waals surface area contributed by atoms with Gasteiger partial charge in [-0.15, -0.1) is 21.5 Å². The highest BCUT2D eigenvalue weighted by atomic mass is 32.2. The number of nitrogens with zero attached hydrogens (tertiary/aromatic N) is 6. The van der Waals surface area contributed by atoms with Crippen LogP contribution in [0.1, 0.15) is 11.5 Å². The van der Waals surface area contributed by atoms with Crippen LogP contribution in [0.3, 0.4) is 0 Å². The number of nitriles is 1. The van der Waals surface area contributed by atoms with Crippen LogP contribution in [0.2, 0.25) is 0 Å². The number of pyridine rings is 1. The maximum absolute atomic E-state index is 8.95. The van der Waals surface area contributed by atoms with Gasteiger partial charge in [0, 0.05) is 7.05 Å². The highest BCUT2D eigenvalue weighted by molar-refractivity contribution is 8.00. The number of benzene rings is 1. The minimum Gasteiger partial charge on any atom is -0.308 e. The molecule has 3 aromatic heterocycles. The summed E-state index contributed by atoms with van der Waals surface area (Å²) in [4.78, 5) is 8.89. The number of para-hydroxylation sites is 1. The quantitative estimate of drug-likeness (QED) is 0.469. The molecule has 0 aliphatic rings. The lowest BCUT2D eigenvalue weighted by molar-refractivity contribution is 0.760. The van der Waals surface area contributed by atoms with Gasteiger partial charge in [0.25, 0.3) is 0 Å². The van der Waals surface area contributed by atoms with Gasteiger partial charge in [0.2, 0.25) is 0 Å². The summed E-state index contributed by atoms with van der Waals surface area (Å²) in [6, 6.07) is 15.5. The maximum atomic E-state index is 8.95. The molecule has 128 valence electrons. The largest absolute Gasteiger partial charge is 0.308 e. The summed E-state index contributed by atoms with van der Waals surface area (Å²) < 4.78 is 4.16. The molecule has 0 aliphatic carbocycles. The van der Waals surface area contributed by atoms with Crippen LogP contribution in [-0.4, -0.2) is 24.7 Å². The molecule has 3 heterocycles. The van der Waals surface area contributed by atoms with Gasteiger partial charge in [0.1, 0.15) is 22.6 Å². The highest BCUT2D eigenvalue weighted by Crippen LogP contribution is 2.32. The topological polar surface area (TPSA) is 80.3 Å². The van der Waals surface area contributed by atoms with Crippen LogP contribution in [0.15, 0.2) is 57.0 Å². The van der Waals surface area contributed by atoms with Gasteiger partial charge in [-0.3, -0.25) is 0 Å². The van der Waals surface area contributed by atoms with Crippen LogP contribution in [-0.2, 0) is 12.8 Å². The van der Waals surface area contributed by atoms with Gasteiger partial charge in [-0.2, -0.15) is 5.26 Å². The van der Waals surface area contributed by atoms with Gasteiger partial charge in [0.05, 0.1) is 16.0 Å². The maximum Gasteiger partial charge on any atom is 0.197 e. The minimum absolute atomic E-state index is 0.392. The van der Waals surface area contributed by atoms with Crippen molar-refractivity contribution in [2.24, 2.45) is 7.05 Å². The highest BCUT2D eigenvalue weighted by Gasteiger charge is 2.13. The molecule has 0 saturated carbocycles. The van der Waals surface area contributed by atoms with Gasteiger partial charge in [-0.25, -0.2) is 9.97 Å². The lowest BCUT2D eigenvalue weighted by Gasteiger charge is -2.02. The smallest absolute Gasteiger partial charge is 0.197 e. The molecule has 0 fully saturated rings. The van der Waals surface area contributed by atoms with E-state index in [0.29, 0.717) is 11.4 Å². The molecule has 0 aliphatic heterocycles. The van der Waals surface area contributed by atoms with Crippen molar-refractivity contribution in [2.75, 3.05) is 0 Å². The fraction of sp³-hybridized carbons (Fsp3) is 0.118. The molecule has 26 heavy (non-hydrogen) atoms. The molecular formula is C17H12N6S3. The molecule has 4 aromatic rings. The number of thioether (sulfide) groups is 1. The van der Waals surface area contributed by atoms with Crippen molar-refractivity contribution in [2.45, 2.75) is 20.3 Å². The van der Waals surface area contributed by atoms with E-state index >= 15 is 0 Å². The van der Waals surface area contributed by atoms with E-state index in [-0.39, 0.29) is 0 Å². The standard InChI is InChI=1S/C17H12N6S3/c1-23-14(10-24-17-20-12-6-2-3-7-13(12)25-17)21-22-16(23)26-15-8-4-5-11(9-18)19-15/h2-8H,10H2,1H3. The monoisotopic (exact) mass is 396 g/mol. The number of hydrogen-bond acceptors (Lipinski definition) is 8. The summed E-state index contributed by atoms with van der Waals surface area (Å²) in [6.07, 6.45) is 0. The molecule has 0 bridgehead atoms. The number of rotatable bonds is 5. The molecule has 0 radical (unpaired) electrons. The Morgan fingerprint density at radius 1 is 1.12 bits per heavy atom. The zero-order chi connectivity index (χ0) is 17.9. The second-order valence-electron chi connectivity index (χ2n) is 5.27. The van der Waals surface area contributed by atoms with E-state index in [9.17, 15) is 0 Å². The molecule has 0 atom stereocenters. The zero-order valence-corrected chi connectivity index (χ0v) is 16.1. The van der Waals surface area contributed by atoms with Crippen molar-refractivity contribution in [3.05, 3.63) is 54.0 Å². The summed E-state index contributed by atoms with van der Waals surface area (Å²) in [5.41, 5.74) is 1.42. The van der Waals surface area contributed by atoms with E-state index in [1.165, 1.54) is 16.5 Å². The van der Waals surface area contributed by atoms with E-state index in [2.05, 4.69) is 26.2 Å². The van der Waals surface area contributed by atoms with Crippen LogP contribution in [0.25, 0.3) is 10.2 Å². The first-order valence-electron chi connectivity index (χ1n) is 7.64. The molecule has 0 unspecified atom stereocenters. The Bertz CT molecular complexity index is 1080. The first kappa shape index (κ1) is 17.0. The summed E-state index contributed by atoms with van der Waals surface area (Å²) in [5.74, 6) is 1.56. The Labute approximate surface area is 162 Å². The predicted molar refractivity (Wildman–Crippen MR) is 103 cm³/mol. The van der Waals surface area contributed by atoms with E-state index < -0.39 is 0 Å². The number of aromatic nitrogens is 5. The van der Waals surface area contributed by atoms with Crippen LogP contribution in [0.4, 0.5) is 0 Å². The van der Waals surface area contributed by atoms with Crippen LogP contribution < -0.4 is 0 Å². The first-order chi connectivity index (χ1) is 12.7. The first-order valence-corrected chi connectivity index (χ1v) is 10.3. The lowest BCUT2D eigenvalue weighted by Crippen LogP contribution is -1.97. The van der Waals surface area contributed by atoms with Crippen molar-refractivity contribution in [1.82, 2.24) is 24.7 Å². The Morgan fingerprint density at radius 2 is 2.00 bits per heavy atom. The number of thiazole rings is 1. The fourth-order valence-electron chi connectivity index (χ4n) is 2.23. The summed E-state index contributed by atoms with van der Waals surface area (Å²) >= 11 is 4.73. The average Bonchev–Trinajstić information content (AvgIpc) is 3.24. The number of fused-ring (bicyclic) bond motifs is 1. The number of hydrogen-bond donors (Lipinski definition) is 0. The Hall–Kier alpha value is -2.41. The van der Waals surface area contributed by atoms with Gasteiger partial charge < -0.3 is 4.57 Å². The molecule has 1 aromatic carbocycles. The van der Waals surface area contributed by atoms with Gasteiger partial charge >= 0.3 is 0 Å². The SMILES string of the molecule is Cn1c(CSc2nc3ccccc3s2)nnc1Sc1cccc(C#N)n1. The molecule has 9 heteroatoms. The molecule has 0 spiro atoms. The van der Waals surface area contributed by atoms with Gasteiger partial charge in [0.15, 0.2) is 9.50 Å². The second kappa shape index (κ2) is 7.45. The third-order valence-electron chi connectivity index (χ3n) is 3.56. The summed E-state index contributed by atoms with van der Waals surface area (Å²) in [5, 5.41) is 18.9. The zero-order valence-electron chi connectivity index (χ0n) is 13.7. The van der Waals surface area contributed by atoms with E-state index in [1.807, 2.05) is 48.0 Å².